The van der Waals surface area contributed by atoms with Crippen molar-refractivity contribution in [3.05, 3.63) is 29.8 Å². The molecular weight excluding hydrogens is 322 g/mol. The van der Waals surface area contributed by atoms with Crippen molar-refractivity contribution in [2.45, 2.75) is 45.7 Å². The number of hydrogen-bond acceptors (Lipinski definition) is 4. The normalized spacial score (nSPS) is 13.0. The van der Waals surface area contributed by atoms with E-state index in [0.717, 1.165) is 5.56 Å². The van der Waals surface area contributed by atoms with Crippen molar-refractivity contribution in [2.75, 3.05) is 7.11 Å². The smallest absolute Gasteiger partial charge is 0.243 e. The Morgan fingerprint density at radius 2 is 1.76 bits per heavy atom. The van der Waals surface area contributed by atoms with Crippen molar-refractivity contribution in [3.63, 3.8) is 0 Å². The fourth-order valence-corrected chi connectivity index (χ4v) is 2.53. The van der Waals surface area contributed by atoms with Crippen molar-refractivity contribution >= 4 is 17.7 Å². The summed E-state index contributed by atoms with van der Waals surface area (Å²) in [5, 5.41) is 5.26. The van der Waals surface area contributed by atoms with E-state index in [9.17, 15) is 14.4 Å². The molecule has 0 radical (unpaired) electrons. The van der Waals surface area contributed by atoms with E-state index < -0.39 is 23.9 Å². The predicted molar refractivity (Wildman–Crippen MR) is 94.9 cm³/mol. The van der Waals surface area contributed by atoms with Gasteiger partial charge in [0, 0.05) is 13.3 Å². The third-order valence-electron chi connectivity index (χ3n) is 3.68. The number of hydrogen-bond donors (Lipinski definition) is 3. The van der Waals surface area contributed by atoms with Gasteiger partial charge in [0.2, 0.25) is 17.7 Å². The number of para-hydroxylation sites is 1. The van der Waals surface area contributed by atoms with Crippen molar-refractivity contribution in [1.29, 1.82) is 0 Å². The van der Waals surface area contributed by atoms with E-state index in [2.05, 4.69) is 10.6 Å². The predicted octanol–water partition coefficient (Wildman–Crippen LogP) is 0.759. The Morgan fingerprint density at radius 3 is 2.28 bits per heavy atom. The van der Waals surface area contributed by atoms with E-state index in [-0.39, 0.29) is 18.2 Å². The topological polar surface area (TPSA) is 111 Å². The summed E-state index contributed by atoms with van der Waals surface area (Å²) < 4.78 is 5.26. The Hall–Kier alpha value is -2.57. The first-order valence-electron chi connectivity index (χ1n) is 8.23. The van der Waals surface area contributed by atoms with Crippen LogP contribution in [-0.4, -0.2) is 36.9 Å². The molecule has 0 unspecified atom stereocenters. The minimum Gasteiger partial charge on any atom is -0.496 e. The van der Waals surface area contributed by atoms with E-state index in [1.165, 1.54) is 14.0 Å². The summed E-state index contributed by atoms with van der Waals surface area (Å²) in [5.41, 5.74) is 6.20. The number of nitrogens with two attached hydrogens (primary N) is 1. The summed E-state index contributed by atoms with van der Waals surface area (Å²) in [4.78, 5) is 35.6. The van der Waals surface area contributed by atoms with E-state index in [0.29, 0.717) is 12.2 Å². The van der Waals surface area contributed by atoms with Crippen LogP contribution >= 0.6 is 0 Å². The lowest BCUT2D eigenvalue weighted by atomic mass is 10.0. The number of methoxy groups -OCH3 is 1. The zero-order valence-electron chi connectivity index (χ0n) is 15.2. The summed E-state index contributed by atoms with van der Waals surface area (Å²) in [5.74, 6) is -0.568. The van der Waals surface area contributed by atoms with Gasteiger partial charge in [0.15, 0.2) is 0 Å². The van der Waals surface area contributed by atoms with Crippen molar-refractivity contribution in [1.82, 2.24) is 10.6 Å². The van der Waals surface area contributed by atoms with E-state index in [1.54, 1.807) is 12.1 Å². The number of carbonyl (C=O) groups excluding carboxylic acids is 3. The largest absolute Gasteiger partial charge is 0.496 e. The van der Waals surface area contributed by atoms with E-state index >= 15 is 0 Å². The van der Waals surface area contributed by atoms with E-state index in [1.807, 2.05) is 26.0 Å². The molecule has 0 saturated carbocycles. The lowest BCUT2D eigenvalue weighted by molar-refractivity contribution is -0.131. The van der Waals surface area contributed by atoms with Gasteiger partial charge in [-0.05, 0) is 24.0 Å². The molecule has 2 atom stereocenters. The maximum atomic E-state index is 12.5. The molecule has 25 heavy (non-hydrogen) atoms. The van der Waals surface area contributed by atoms with Crippen LogP contribution in [0.25, 0.3) is 0 Å². The number of nitrogens with one attached hydrogen (secondary N) is 2. The van der Waals surface area contributed by atoms with Gasteiger partial charge in [-0.25, -0.2) is 0 Å². The van der Waals surface area contributed by atoms with Crippen molar-refractivity contribution in [3.8, 4) is 5.75 Å². The first-order chi connectivity index (χ1) is 11.7. The molecule has 7 heteroatoms. The first-order valence-corrected chi connectivity index (χ1v) is 8.23. The number of rotatable bonds is 9. The number of ether oxygens (including phenoxy) is 1. The molecule has 0 aliphatic carbocycles. The van der Waals surface area contributed by atoms with Gasteiger partial charge in [0.05, 0.1) is 7.11 Å². The molecule has 0 spiro atoms. The van der Waals surface area contributed by atoms with Gasteiger partial charge in [0.25, 0.3) is 0 Å². The molecule has 0 aliphatic rings. The fraction of sp³-hybridized carbons (Fsp3) is 0.500. The minimum absolute atomic E-state index is 0.198. The molecule has 0 aliphatic heterocycles. The lowest BCUT2D eigenvalue weighted by Gasteiger charge is -2.23. The quantitative estimate of drug-likeness (QED) is 0.611. The Labute approximate surface area is 148 Å². The van der Waals surface area contributed by atoms with Crippen LogP contribution in [0.5, 0.6) is 5.75 Å². The highest BCUT2D eigenvalue weighted by molar-refractivity contribution is 5.91. The molecule has 1 rings (SSSR count). The van der Waals surface area contributed by atoms with Gasteiger partial charge >= 0.3 is 0 Å². The molecular formula is C18H27N3O4. The molecule has 1 aromatic carbocycles. The summed E-state index contributed by atoms with van der Waals surface area (Å²) in [7, 11) is 1.53. The highest BCUT2D eigenvalue weighted by atomic mass is 16.5. The van der Waals surface area contributed by atoms with Gasteiger partial charge < -0.3 is 21.1 Å². The number of primary amides is 1. The molecule has 0 heterocycles. The van der Waals surface area contributed by atoms with Crippen LogP contribution in [0.2, 0.25) is 0 Å². The Kier molecular flexibility index (Phi) is 7.91. The standard InChI is InChI=1S/C18H27N3O4/c1-11(2)9-15(20-12(3)22)18(24)21-14(17(19)23)10-13-7-5-6-8-16(13)25-4/h5-8,11,14-15H,9-10H2,1-4H3,(H2,19,23)(H,20,22)(H,21,24)/t14-,15+/m1/s1. The average molecular weight is 349 g/mol. The number of carbonyl (C=O) groups is 3. The Morgan fingerprint density at radius 1 is 1.12 bits per heavy atom. The zero-order chi connectivity index (χ0) is 19.0. The van der Waals surface area contributed by atoms with Crippen LogP contribution in [0.15, 0.2) is 24.3 Å². The van der Waals surface area contributed by atoms with Crippen LogP contribution < -0.4 is 21.1 Å². The highest BCUT2D eigenvalue weighted by Gasteiger charge is 2.26. The molecule has 3 amide bonds. The van der Waals surface area contributed by atoms with Gasteiger partial charge in [-0.3, -0.25) is 14.4 Å². The first kappa shape index (κ1) is 20.5. The zero-order valence-corrected chi connectivity index (χ0v) is 15.2. The molecule has 138 valence electrons. The van der Waals surface area contributed by atoms with Crippen LogP contribution in [0.1, 0.15) is 32.8 Å². The lowest BCUT2D eigenvalue weighted by Crippen LogP contribution is -2.53. The SMILES string of the molecule is COc1ccccc1C[C@@H](NC(=O)[C@H](CC(C)C)NC(C)=O)C(N)=O. The molecule has 1 aromatic rings. The molecule has 0 saturated heterocycles. The maximum Gasteiger partial charge on any atom is 0.243 e. The molecule has 7 nitrogen and oxygen atoms in total. The molecule has 4 N–H and O–H groups in total. The van der Waals surface area contributed by atoms with Gasteiger partial charge in [0.1, 0.15) is 17.8 Å². The highest BCUT2D eigenvalue weighted by Crippen LogP contribution is 2.19. The van der Waals surface area contributed by atoms with Gasteiger partial charge in [-0.2, -0.15) is 0 Å². The summed E-state index contributed by atoms with van der Waals surface area (Å²) in [6, 6.07) is 5.60. The van der Waals surface area contributed by atoms with Crippen LogP contribution in [0.4, 0.5) is 0 Å². The fourth-order valence-electron chi connectivity index (χ4n) is 2.53. The Balaban J connectivity index is 2.89. The van der Waals surface area contributed by atoms with E-state index in [4.69, 9.17) is 10.5 Å². The summed E-state index contributed by atoms with van der Waals surface area (Å²) in [6.07, 6.45) is 0.672. The number of amides is 3. The second-order valence-corrected chi connectivity index (χ2v) is 6.36. The van der Waals surface area contributed by atoms with Crippen molar-refractivity contribution < 1.29 is 19.1 Å². The van der Waals surface area contributed by atoms with Crippen LogP contribution in [0, 0.1) is 5.92 Å². The second kappa shape index (κ2) is 9.66. The average Bonchev–Trinajstić information content (AvgIpc) is 2.52. The second-order valence-electron chi connectivity index (χ2n) is 6.36. The number of benzene rings is 1. The molecule has 0 bridgehead atoms. The molecule has 0 fully saturated rings. The monoisotopic (exact) mass is 349 g/mol. The van der Waals surface area contributed by atoms with Crippen LogP contribution in [-0.2, 0) is 20.8 Å². The summed E-state index contributed by atoms with van der Waals surface area (Å²) in [6.45, 7) is 5.24. The van der Waals surface area contributed by atoms with Gasteiger partial charge in [-0.1, -0.05) is 32.0 Å². The maximum absolute atomic E-state index is 12.5. The van der Waals surface area contributed by atoms with Crippen LogP contribution in [0.3, 0.4) is 0 Å². The minimum atomic E-state index is -0.896. The third kappa shape index (κ3) is 6.82. The summed E-state index contributed by atoms with van der Waals surface area (Å²) >= 11 is 0. The molecule has 0 aromatic heterocycles. The Bertz CT molecular complexity index is 616. The third-order valence-corrected chi connectivity index (χ3v) is 3.68. The van der Waals surface area contributed by atoms with Crippen molar-refractivity contribution in [2.24, 2.45) is 11.7 Å². The van der Waals surface area contributed by atoms with Gasteiger partial charge in [-0.15, -0.1) is 0 Å².